The van der Waals surface area contributed by atoms with Gasteiger partial charge in [-0.25, -0.2) is 17.9 Å². The van der Waals surface area contributed by atoms with Gasteiger partial charge in [0.1, 0.15) is 5.54 Å². The lowest BCUT2D eigenvalue weighted by molar-refractivity contribution is -0.127. The molecule has 2 aromatic heterocycles. The molecule has 10 heteroatoms. The number of halogens is 2. The molecule has 0 spiro atoms. The molecule has 0 unspecified atom stereocenters. The average Bonchev–Trinajstić information content (AvgIpc) is 3.22. The van der Waals surface area contributed by atoms with Crippen LogP contribution >= 0.6 is 50.1 Å². The second-order valence-corrected chi connectivity index (χ2v) is 10.1. The Morgan fingerprint density at radius 3 is 2.61 bits per heavy atom. The van der Waals surface area contributed by atoms with Gasteiger partial charge < -0.3 is 10.2 Å². The molecule has 31 heavy (non-hydrogen) atoms. The summed E-state index contributed by atoms with van der Waals surface area (Å²) >= 11 is 7.03. The number of imide groups is 1. The number of anilines is 1. The second-order valence-electron chi connectivity index (χ2n) is 7.43. The van der Waals surface area contributed by atoms with E-state index in [1.807, 2.05) is 24.3 Å². The van der Waals surface area contributed by atoms with Gasteiger partial charge in [0.2, 0.25) is 5.95 Å². The lowest BCUT2D eigenvalue weighted by Gasteiger charge is -2.27. The largest absolute Gasteiger partial charge is 0.352 e. The molecule has 0 bridgehead atoms. The molecule has 1 fully saturated rings. The molecular weight excluding hydrogens is 593 g/mol. The molecule has 0 aliphatic carbocycles. The van der Waals surface area contributed by atoms with Crippen molar-refractivity contribution in [2.75, 3.05) is 18.4 Å². The molecule has 1 aliphatic heterocycles. The van der Waals surface area contributed by atoms with Gasteiger partial charge in [-0.05, 0) is 41.4 Å². The topological polar surface area (TPSA) is 78.4 Å². The maximum Gasteiger partial charge on any atom is 0.336 e. The summed E-state index contributed by atoms with van der Waals surface area (Å²) < 4.78 is 2.16. The number of aromatic nitrogens is 2. The monoisotopic (exact) mass is 611 g/mol. The summed E-state index contributed by atoms with van der Waals surface area (Å²) in [6.45, 7) is 4.30. The van der Waals surface area contributed by atoms with Crippen molar-refractivity contribution in [2.45, 2.75) is 19.4 Å². The van der Waals surface area contributed by atoms with E-state index in [-0.39, 0.29) is 11.9 Å². The summed E-state index contributed by atoms with van der Waals surface area (Å²) in [7, 11) is 0. The van der Waals surface area contributed by atoms with Crippen molar-refractivity contribution in [1.82, 2.24) is 18.0 Å². The minimum atomic E-state index is -0.865. The molecule has 1 aromatic carbocycles. The highest BCUT2D eigenvalue weighted by Crippen LogP contribution is 2.42. The molecule has 0 atom stereocenters. The molecule has 3 aromatic rings. The van der Waals surface area contributed by atoms with Crippen molar-refractivity contribution in [3.63, 3.8) is 0 Å². The number of carbonyl (C=O) groups is 2. The SMILES string of the molecule is CC1(C)C(=O)N(I)C(=O)N1CCNc1nccc(-c2scc(Br)c2-c2ccccc2)n1. The van der Waals surface area contributed by atoms with Crippen LogP contribution in [0.1, 0.15) is 13.8 Å². The van der Waals surface area contributed by atoms with Crippen LogP contribution in [0.4, 0.5) is 10.7 Å². The highest BCUT2D eigenvalue weighted by Gasteiger charge is 2.50. The standard InChI is InChI=1S/C21H19BrIN5O2S/c1-21(2)18(29)28(23)20(30)27(21)11-10-25-19-24-9-8-15(26-19)17-16(14(22)12-31-17)13-6-4-3-5-7-13/h3-9,12H,10-11H2,1-2H3,(H,24,25,26). The lowest BCUT2D eigenvalue weighted by atomic mass is 10.0. The number of nitrogens with zero attached hydrogens (tertiary/aromatic N) is 4. The first-order valence-electron chi connectivity index (χ1n) is 9.52. The molecule has 7 nitrogen and oxygen atoms in total. The highest BCUT2D eigenvalue weighted by molar-refractivity contribution is 14.1. The van der Waals surface area contributed by atoms with Gasteiger partial charge in [-0.3, -0.25) is 4.79 Å². The number of hydrogen-bond acceptors (Lipinski definition) is 6. The zero-order chi connectivity index (χ0) is 22.2. The second kappa shape index (κ2) is 8.83. The first-order chi connectivity index (χ1) is 14.8. The van der Waals surface area contributed by atoms with Crippen molar-refractivity contribution in [3.05, 3.63) is 52.4 Å². The Labute approximate surface area is 206 Å². The molecule has 1 aliphatic rings. The Morgan fingerprint density at radius 1 is 1.19 bits per heavy atom. The number of nitrogens with one attached hydrogen (secondary N) is 1. The van der Waals surface area contributed by atoms with Crippen molar-refractivity contribution < 1.29 is 9.59 Å². The molecule has 0 saturated carbocycles. The zero-order valence-corrected chi connectivity index (χ0v) is 21.4. The Morgan fingerprint density at radius 2 is 1.94 bits per heavy atom. The quantitative estimate of drug-likeness (QED) is 0.228. The fourth-order valence-corrected chi connectivity index (χ4v) is 6.02. The van der Waals surface area contributed by atoms with Crippen molar-refractivity contribution in [3.8, 4) is 21.7 Å². The van der Waals surface area contributed by atoms with Crippen molar-refractivity contribution in [2.24, 2.45) is 0 Å². The molecule has 4 rings (SSSR count). The fraction of sp³-hybridized carbons (Fsp3) is 0.238. The van der Waals surface area contributed by atoms with Crippen LogP contribution in [0.15, 0.2) is 52.4 Å². The Bertz CT molecular complexity index is 1140. The number of urea groups is 1. The van der Waals surface area contributed by atoms with Crippen LogP contribution in [0.5, 0.6) is 0 Å². The average molecular weight is 612 g/mol. The highest BCUT2D eigenvalue weighted by atomic mass is 127. The third-order valence-corrected chi connectivity index (χ3v) is 7.87. The summed E-state index contributed by atoms with van der Waals surface area (Å²) in [5, 5.41) is 5.24. The molecule has 3 amide bonds. The van der Waals surface area contributed by atoms with Crippen LogP contribution in [-0.4, -0.2) is 48.5 Å². The van der Waals surface area contributed by atoms with Crippen LogP contribution in [-0.2, 0) is 4.79 Å². The maximum atomic E-state index is 12.3. The van der Waals surface area contributed by atoms with Crippen LogP contribution in [0.25, 0.3) is 21.7 Å². The third kappa shape index (κ3) is 4.20. The number of amides is 3. The smallest absolute Gasteiger partial charge is 0.336 e. The van der Waals surface area contributed by atoms with Crippen molar-refractivity contribution >= 4 is 68.0 Å². The number of benzene rings is 1. The Balaban J connectivity index is 1.51. The Kier molecular flexibility index (Phi) is 6.31. The van der Waals surface area contributed by atoms with Gasteiger partial charge in [0.15, 0.2) is 0 Å². The fourth-order valence-electron chi connectivity index (χ4n) is 3.41. The van der Waals surface area contributed by atoms with Crippen LogP contribution in [0, 0.1) is 0 Å². The van der Waals surface area contributed by atoms with E-state index in [0.29, 0.717) is 19.0 Å². The molecular formula is C21H19BrIN5O2S. The lowest BCUT2D eigenvalue weighted by Crippen LogP contribution is -2.46. The minimum absolute atomic E-state index is 0.215. The van der Waals surface area contributed by atoms with E-state index < -0.39 is 5.54 Å². The summed E-state index contributed by atoms with van der Waals surface area (Å²) in [4.78, 5) is 36.2. The summed E-state index contributed by atoms with van der Waals surface area (Å²) in [5.41, 5.74) is 2.16. The number of thiophene rings is 1. The molecule has 3 heterocycles. The predicted molar refractivity (Wildman–Crippen MR) is 134 cm³/mol. The van der Waals surface area contributed by atoms with E-state index in [9.17, 15) is 9.59 Å². The first-order valence-corrected chi connectivity index (χ1v) is 12.2. The number of carbonyl (C=O) groups excluding carboxylic acids is 2. The molecule has 1 N–H and O–H groups in total. The minimum Gasteiger partial charge on any atom is -0.352 e. The van der Waals surface area contributed by atoms with Crippen LogP contribution < -0.4 is 5.32 Å². The third-order valence-electron chi connectivity index (χ3n) is 5.09. The van der Waals surface area contributed by atoms with Gasteiger partial charge >= 0.3 is 6.03 Å². The number of rotatable bonds is 6. The maximum absolute atomic E-state index is 12.3. The predicted octanol–water partition coefficient (Wildman–Crippen LogP) is 5.44. The number of hydrogen-bond donors (Lipinski definition) is 1. The first kappa shape index (κ1) is 22.2. The molecule has 0 radical (unpaired) electrons. The van der Waals surface area contributed by atoms with Gasteiger partial charge in [0.25, 0.3) is 5.91 Å². The van der Waals surface area contributed by atoms with Crippen molar-refractivity contribution in [1.29, 1.82) is 0 Å². The summed E-state index contributed by atoms with van der Waals surface area (Å²) in [6.07, 6.45) is 1.72. The van der Waals surface area contributed by atoms with Gasteiger partial charge in [0.05, 0.1) is 33.4 Å². The van der Waals surface area contributed by atoms with Crippen LogP contribution in [0.2, 0.25) is 0 Å². The van der Waals surface area contributed by atoms with E-state index in [1.54, 1.807) is 59.1 Å². The van der Waals surface area contributed by atoms with E-state index in [2.05, 4.69) is 48.7 Å². The van der Waals surface area contributed by atoms with E-state index in [0.717, 1.165) is 29.3 Å². The van der Waals surface area contributed by atoms with E-state index in [4.69, 9.17) is 0 Å². The van der Waals surface area contributed by atoms with Gasteiger partial charge in [-0.1, -0.05) is 30.3 Å². The molecule has 160 valence electrons. The zero-order valence-electron chi connectivity index (χ0n) is 16.8. The van der Waals surface area contributed by atoms with Crippen LogP contribution in [0.3, 0.4) is 0 Å². The van der Waals surface area contributed by atoms with E-state index in [1.165, 1.54) is 0 Å². The summed E-state index contributed by atoms with van der Waals surface area (Å²) in [5.74, 6) is 0.260. The van der Waals surface area contributed by atoms with E-state index >= 15 is 0 Å². The van der Waals surface area contributed by atoms with Gasteiger partial charge in [-0.2, -0.15) is 0 Å². The van der Waals surface area contributed by atoms with Gasteiger partial charge in [-0.15, -0.1) is 11.3 Å². The van der Waals surface area contributed by atoms with Gasteiger partial charge in [0, 0.05) is 34.7 Å². The molecule has 1 saturated heterocycles. The Hall–Kier alpha value is -2.05. The summed E-state index contributed by atoms with van der Waals surface area (Å²) in [6, 6.07) is 11.7. The normalized spacial score (nSPS) is 15.6.